The van der Waals surface area contributed by atoms with Crippen molar-refractivity contribution in [2.24, 2.45) is 5.73 Å². The Morgan fingerprint density at radius 2 is 1.49 bits per heavy atom. The van der Waals surface area contributed by atoms with E-state index in [1.54, 1.807) is 36.4 Å². The van der Waals surface area contributed by atoms with Crippen molar-refractivity contribution in [1.29, 1.82) is 0 Å². The van der Waals surface area contributed by atoms with E-state index in [1.165, 1.54) is 11.0 Å². The van der Waals surface area contributed by atoms with Gasteiger partial charge in [-0.25, -0.2) is 5.48 Å². The van der Waals surface area contributed by atoms with E-state index in [9.17, 15) is 14.4 Å². The third kappa shape index (κ3) is 9.72. The Hall–Kier alpha value is -4.49. The fourth-order valence-electron chi connectivity index (χ4n) is 3.54. The van der Waals surface area contributed by atoms with Gasteiger partial charge in [-0.05, 0) is 68.1 Å². The molecule has 0 aliphatic heterocycles. The van der Waals surface area contributed by atoms with Gasteiger partial charge >= 0.3 is 0 Å². The van der Waals surface area contributed by atoms with Gasteiger partial charge in [0.05, 0.1) is 6.54 Å². The fraction of sp³-hybridized carbons (Fsp3) is 0.233. The molecule has 39 heavy (non-hydrogen) atoms. The van der Waals surface area contributed by atoms with Gasteiger partial charge < -0.3 is 16.4 Å². The van der Waals surface area contributed by atoms with Crippen molar-refractivity contribution in [3.05, 3.63) is 101 Å². The van der Waals surface area contributed by atoms with E-state index in [2.05, 4.69) is 46.7 Å². The Bertz CT molecular complexity index is 1310. The van der Waals surface area contributed by atoms with Crippen molar-refractivity contribution >= 4 is 23.4 Å². The second kappa shape index (κ2) is 15.1. The van der Waals surface area contributed by atoms with Gasteiger partial charge in [-0.2, -0.15) is 0 Å². The predicted octanol–water partition coefficient (Wildman–Crippen LogP) is 2.66. The van der Waals surface area contributed by atoms with Gasteiger partial charge in [-0.3, -0.25) is 24.5 Å². The second-order valence-electron chi connectivity index (χ2n) is 8.85. The van der Waals surface area contributed by atoms with Crippen molar-refractivity contribution in [3.63, 3.8) is 0 Å². The number of nitrogens with one attached hydrogen (secondary N) is 3. The lowest BCUT2D eigenvalue weighted by Gasteiger charge is -2.16. The quantitative estimate of drug-likeness (QED) is 0.164. The van der Waals surface area contributed by atoms with Crippen LogP contribution in [0.1, 0.15) is 40.0 Å². The fourth-order valence-corrected chi connectivity index (χ4v) is 3.54. The van der Waals surface area contributed by atoms with E-state index < -0.39 is 17.9 Å². The van der Waals surface area contributed by atoms with Crippen LogP contribution in [0.15, 0.2) is 72.8 Å². The molecule has 0 radical (unpaired) electrons. The number of nitrogens with two attached hydrogens (primary N) is 1. The molecule has 204 valence electrons. The minimum atomic E-state index is -1.04. The maximum absolute atomic E-state index is 12.4. The zero-order valence-electron chi connectivity index (χ0n) is 21.3. The summed E-state index contributed by atoms with van der Waals surface area (Å²) in [7, 11) is 1.91. The minimum absolute atomic E-state index is 0. The van der Waals surface area contributed by atoms with Crippen LogP contribution >= 0.6 is 0 Å². The summed E-state index contributed by atoms with van der Waals surface area (Å²) in [6, 6.07) is 21.0. The molecule has 0 aromatic heterocycles. The first kappa shape index (κ1) is 30.7. The third-order valence-corrected chi connectivity index (χ3v) is 5.62. The summed E-state index contributed by atoms with van der Waals surface area (Å²) in [6.45, 7) is 2.84. The normalized spacial score (nSPS) is 10.9. The molecule has 0 unspecified atom stereocenters. The topological polar surface area (TPSA) is 137 Å². The van der Waals surface area contributed by atoms with Crippen molar-refractivity contribution in [2.75, 3.05) is 25.5 Å². The molecule has 3 rings (SSSR count). The molecule has 0 spiro atoms. The van der Waals surface area contributed by atoms with Crippen LogP contribution < -0.4 is 21.8 Å². The Labute approximate surface area is 229 Å². The number of hydroxylamine groups is 1. The summed E-state index contributed by atoms with van der Waals surface area (Å²) < 4.78 is 0. The number of hydrogen-bond donors (Lipinski definition) is 5. The summed E-state index contributed by atoms with van der Waals surface area (Å²) in [4.78, 5) is 38.1. The zero-order valence-corrected chi connectivity index (χ0v) is 21.3. The lowest BCUT2D eigenvalue weighted by molar-refractivity contribution is -0.130. The molecule has 1 atom stereocenters. The second-order valence-corrected chi connectivity index (χ2v) is 8.85. The van der Waals surface area contributed by atoms with Gasteiger partial charge in [0, 0.05) is 35.5 Å². The van der Waals surface area contributed by atoms with Crippen molar-refractivity contribution in [1.82, 2.24) is 15.7 Å². The Morgan fingerprint density at radius 3 is 2.03 bits per heavy atom. The summed E-state index contributed by atoms with van der Waals surface area (Å²) in [6.07, 6.45) is 0. The van der Waals surface area contributed by atoms with Crippen LogP contribution in [0.25, 0.3) is 0 Å². The van der Waals surface area contributed by atoms with Crippen molar-refractivity contribution < 1.29 is 19.6 Å². The molecule has 0 aliphatic rings. The van der Waals surface area contributed by atoms with Gasteiger partial charge in [0.15, 0.2) is 0 Å². The number of rotatable bonds is 9. The first-order valence-electron chi connectivity index (χ1n) is 12.0. The number of carbonyl (C=O) groups is 3. The highest BCUT2D eigenvalue weighted by molar-refractivity contribution is 5.97. The maximum Gasteiger partial charge on any atom is 0.267 e. The van der Waals surface area contributed by atoms with Crippen LogP contribution in [0.4, 0.5) is 5.69 Å². The first-order chi connectivity index (χ1) is 18.3. The summed E-state index contributed by atoms with van der Waals surface area (Å²) in [5.41, 5.74) is 11.7. The molecule has 0 aliphatic carbocycles. The molecule has 0 heterocycles. The van der Waals surface area contributed by atoms with Crippen LogP contribution in [-0.4, -0.2) is 54.0 Å². The lowest BCUT2D eigenvalue weighted by Crippen LogP contribution is -2.50. The molecule has 3 aromatic rings. The standard InChI is InChI=1S/C29H31N5O4.CH4/c1-20-3-5-23(6-4-20)18-34(2)19-27(35)31-25-15-11-22(12-16-25)8-7-21-9-13-24(14-10-21)28(36)32-26(17-30)29(37)33-38;/h3-6,9-16,26,38H,17-19,30H2,1-2H3,(H,31,35)(H,32,36)(H,33,37);1H4/t26-;/m0./s1. The van der Waals surface area contributed by atoms with Crippen LogP contribution in [-0.2, 0) is 16.1 Å². The highest BCUT2D eigenvalue weighted by atomic mass is 16.5. The monoisotopic (exact) mass is 529 g/mol. The van der Waals surface area contributed by atoms with Crippen LogP contribution in [0, 0.1) is 18.8 Å². The maximum atomic E-state index is 12.4. The van der Waals surface area contributed by atoms with E-state index in [4.69, 9.17) is 10.9 Å². The largest absolute Gasteiger partial charge is 0.339 e. The van der Waals surface area contributed by atoms with Gasteiger partial charge in [0.25, 0.3) is 11.8 Å². The van der Waals surface area contributed by atoms with E-state index in [-0.39, 0.29) is 26.4 Å². The number of benzene rings is 3. The van der Waals surface area contributed by atoms with Gasteiger partial charge in [0.1, 0.15) is 6.04 Å². The molecule has 0 bridgehead atoms. The summed E-state index contributed by atoms with van der Waals surface area (Å²) >= 11 is 0. The number of carbonyl (C=O) groups excluding carboxylic acids is 3. The molecule has 0 fully saturated rings. The molecule has 6 N–H and O–H groups in total. The van der Waals surface area contributed by atoms with E-state index in [0.29, 0.717) is 23.4 Å². The highest BCUT2D eigenvalue weighted by Crippen LogP contribution is 2.11. The summed E-state index contributed by atoms with van der Waals surface area (Å²) in [5, 5.41) is 14.1. The van der Waals surface area contributed by atoms with Gasteiger partial charge in [-0.1, -0.05) is 49.1 Å². The molecular formula is C30H35N5O4. The highest BCUT2D eigenvalue weighted by Gasteiger charge is 2.19. The molecule has 0 saturated carbocycles. The first-order valence-corrected chi connectivity index (χ1v) is 12.0. The van der Waals surface area contributed by atoms with Crippen LogP contribution in [0.3, 0.4) is 0 Å². The van der Waals surface area contributed by atoms with E-state index >= 15 is 0 Å². The number of hydrogen-bond acceptors (Lipinski definition) is 6. The molecule has 0 saturated heterocycles. The van der Waals surface area contributed by atoms with Gasteiger partial charge in [-0.15, -0.1) is 0 Å². The van der Waals surface area contributed by atoms with Crippen molar-refractivity contribution in [2.45, 2.75) is 26.9 Å². The Balaban J connectivity index is 0.00000533. The Kier molecular flexibility index (Phi) is 11.9. The number of likely N-dealkylation sites (N-methyl/N-ethyl adjacent to an activating group) is 1. The SMILES string of the molecule is C.Cc1ccc(CN(C)CC(=O)Nc2ccc(C#Cc3ccc(C(=O)N[C@@H](CN)C(=O)NO)cc3)cc2)cc1. The number of aryl methyl sites for hydroxylation is 1. The molecule has 3 amide bonds. The van der Waals surface area contributed by atoms with Gasteiger partial charge in [0.2, 0.25) is 5.91 Å². The number of anilines is 1. The lowest BCUT2D eigenvalue weighted by atomic mass is 10.1. The molecule has 3 aromatic carbocycles. The average molecular weight is 530 g/mol. The minimum Gasteiger partial charge on any atom is -0.339 e. The molecule has 9 nitrogen and oxygen atoms in total. The number of nitrogens with zero attached hydrogens (tertiary/aromatic N) is 1. The van der Waals surface area contributed by atoms with E-state index in [0.717, 1.165) is 11.1 Å². The predicted molar refractivity (Wildman–Crippen MR) is 152 cm³/mol. The molecular weight excluding hydrogens is 494 g/mol. The van der Waals surface area contributed by atoms with Crippen LogP contribution in [0.5, 0.6) is 0 Å². The average Bonchev–Trinajstić information content (AvgIpc) is 2.92. The number of amides is 3. The Morgan fingerprint density at radius 1 is 0.923 bits per heavy atom. The van der Waals surface area contributed by atoms with Crippen LogP contribution in [0.2, 0.25) is 0 Å². The third-order valence-electron chi connectivity index (χ3n) is 5.62. The van der Waals surface area contributed by atoms with Crippen molar-refractivity contribution in [3.8, 4) is 11.8 Å². The smallest absolute Gasteiger partial charge is 0.267 e. The molecule has 9 heteroatoms. The zero-order chi connectivity index (χ0) is 27.5. The van der Waals surface area contributed by atoms with E-state index in [1.807, 2.05) is 31.0 Å². The summed E-state index contributed by atoms with van der Waals surface area (Å²) in [5.74, 6) is 4.69.